The molecule has 1 N–H and O–H groups in total. The highest BCUT2D eigenvalue weighted by Gasteiger charge is 2.12. The maximum absolute atomic E-state index is 4.51. The third-order valence-corrected chi connectivity index (χ3v) is 5.63. The van der Waals surface area contributed by atoms with Crippen molar-refractivity contribution in [3.8, 4) is 9.88 Å². The van der Waals surface area contributed by atoms with Crippen molar-refractivity contribution < 1.29 is 0 Å². The summed E-state index contributed by atoms with van der Waals surface area (Å²) < 4.78 is 1.14. The van der Waals surface area contributed by atoms with E-state index in [1.165, 1.54) is 9.75 Å². The molecule has 0 amide bonds. The smallest absolute Gasteiger partial charge is 0.134 e. The minimum Gasteiger partial charge on any atom is -0.309 e. The maximum atomic E-state index is 4.51. The van der Waals surface area contributed by atoms with Gasteiger partial charge in [-0.25, -0.2) is 4.98 Å². The number of hydrogen-bond acceptors (Lipinski definition) is 4. The molecule has 0 saturated carbocycles. The Labute approximate surface area is 118 Å². The van der Waals surface area contributed by atoms with Gasteiger partial charge in [-0.2, -0.15) is 0 Å². The highest BCUT2D eigenvalue weighted by molar-refractivity contribution is 9.10. The van der Waals surface area contributed by atoms with Crippen molar-refractivity contribution >= 4 is 38.6 Å². The van der Waals surface area contributed by atoms with Crippen LogP contribution in [0.5, 0.6) is 0 Å². The molecule has 0 aliphatic heterocycles. The zero-order chi connectivity index (χ0) is 12.3. The highest BCUT2D eigenvalue weighted by atomic mass is 79.9. The summed E-state index contributed by atoms with van der Waals surface area (Å²) in [5.41, 5.74) is 0. The van der Waals surface area contributed by atoms with Gasteiger partial charge in [0.05, 0.1) is 4.88 Å². The predicted molar refractivity (Wildman–Crippen MR) is 79.8 cm³/mol. The minimum atomic E-state index is 0.389. The van der Waals surface area contributed by atoms with Crippen molar-refractivity contribution in [3.63, 3.8) is 0 Å². The van der Waals surface area contributed by atoms with Crippen LogP contribution in [0, 0.1) is 0 Å². The van der Waals surface area contributed by atoms with Gasteiger partial charge in [0, 0.05) is 21.6 Å². The van der Waals surface area contributed by atoms with Gasteiger partial charge < -0.3 is 5.32 Å². The van der Waals surface area contributed by atoms with E-state index in [9.17, 15) is 0 Å². The van der Waals surface area contributed by atoms with Crippen LogP contribution in [0.4, 0.5) is 0 Å². The van der Waals surface area contributed by atoms with Gasteiger partial charge in [0.25, 0.3) is 0 Å². The topological polar surface area (TPSA) is 24.9 Å². The Morgan fingerprint density at radius 3 is 3.00 bits per heavy atom. The summed E-state index contributed by atoms with van der Waals surface area (Å²) in [6.07, 6.45) is 3.14. The van der Waals surface area contributed by atoms with Crippen LogP contribution in [0.1, 0.15) is 31.2 Å². The van der Waals surface area contributed by atoms with Crippen LogP contribution in [-0.4, -0.2) is 11.5 Å². The van der Waals surface area contributed by atoms with Crippen LogP contribution >= 0.6 is 38.6 Å². The van der Waals surface area contributed by atoms with Crippen molar-refractivity contribution in [3.05, 3.63) is 27.0 Å². The Kier molecular flexibility index (Phi) is 4.73. The Morgan fingerprint density at radius 2 is 2.35 bits per heavy atom. The van der Waals surface area contributed by atoms with Crippen LogP contribution in [0.3, 0.4) is 0 Å². The molecule has 0 aliphatic carbocycles. The first kappa shape index (κ1) is 13.2. The molecule has 0 fully saturated rings. The molecule has 2 rings (SSSR count). The molecule has 0 aromatic carbocycles. The zero-order valence-electron chi connectivity index (χ0n) is 9.87. The first-order chi connectivity index (χ1) is 8.22. The van der Waals surface area contributed by atoms with Gasteiger partial charge in [0.1, 0.15) is 5.01 Å². The first-order valence-corrected chi connectivity index (χ1v) is 8.13. The zero-order valence-corrected chi connectivity index (χ0v) is 13.1. The van der Waals surface area contributed by atoms with E-state index in [0.717, 1.165) is 22.4 Å². The Balaban J connectivity index is 2.13. The third kappa shape index (κ3) is 3.16. The van der Waals surface area contributed by atoms with Gasteiger partial charge in [-0.05, 0) is 47.3 Å². The second kappa shape index (κ2) is 6.09. The van der Waals surface area contributed by atoms with Crippen molar-refractivity contribution in [2.75, 3.05) is 6.54 Å². The first-order valence-electron chi connectivity index (χ1n) is 5.64. The van der Waals surface area contributed by atoms with E-state index in [2.05, 4.69) is 51.5 Å². The summed E-state index contributed by atoms with van der Waals surface area (Å²) in [4.78, 5) is 7.03. The minimum absolute atomic E-state index is 0.389. The van der Waals surface area contributed by atoms with Gasteiger partial charge in [0.2, 0.25) is 0 Å². The molecule has 17 heavy (non-hydrogen) atoms. The van der Waals surface area contributed by atoms with Crippen LogP contribution in [0.25, 0.3) is 9.88 Å². The van der Waals surface area contributed by atoms with E-state index in [-0.39, 0.29) is 0 Å². The van der Waals surface area contributed by atoms with Gasteiger partial charge in [-0.3, -0.25) is 0 Å². The summed E-state index contributed by atoms with van der Waals surface area (Å²) >= 11 is 7.05. The molecule has 5 heteroatoms. The Hall–Kier alpha value is -0.230. The van der Waals surface area contributed by atoms with Crippen LogP contribution in [0.2, 0.25) is 0 Å². The molecule has 0 spiro atoms. The summed E-state index contributed by atoms with van der Waals surface area (Å²) in [5.74, 6) is 0. The van der Waals surface area contributed by atoms with Crippen molar-refractivity contribution in [2.45, 2.75) is 26.3 Å². The van der Waals surface area contributed by atoms with Gasteiger partial charge in [-0.15, -0.1) is 22.7 Å². The number of nitrogens with zero attached hydrogens (tertiary/aromatic N) is 1. The van der Waals surface area contributed by atoms with E-state index in [0.29, 0.717) is 6.04 Å². The quantitative estimate of drug-likeness (QED) is 0.859. The molecule has 2 heterocycles. The highest BCUT2D eigenvalue weighted by Crippen LogP contribution is 2.37. The molecule has 2 aromatic rings. The van der Waals surface area contributed by atoms with E-state index in [1.807, 2.05) is 6.20 Å². The molecule has 2 nitrogen and oxygen atoms in total. The van der Waals surface area contributed by atoms with E-state index in [4.69, 9.17) is 0 Å². The largest absolute Gasteiger partial charge is 0.309 e. The number of rotatable bonds is 5. The SMILES string of the molecule is CCCNC(C)c1cnc(-c2sccc2Br)s1. The standard InChI is InChI=1S/C12H15BrN2S2/c1-3-5-14-8(2)10-7-15-12(17-10)11-9(13)4-6-16-11/h4,6-8,14H,3,5H2,1-2H3. The van der Waals surface area contributed by atoms with E-state index >= 15 is 0 Å². The Morgan fingerprint density at radius 1 is 1.53 bits per heavy atom. The van der Waals surface area contributed by atoms with E-state index in [1.54, 1.807) is 22.7 Å². The molecule has 0 bridgehead atoms. The summed E-state index contributed by atoms with van der Waals surface area (Å²) in [6, 6.07) is 2.46. The fraction of sp³-hybridized carbons (Fsp3) is 0.417. The van der Waals surface area contributed by atoms with Gasteiger partial charge in [0.15, 0.2) is 0 Å². The van der Waals surface area contributed by atoms with Crippen LogP contribution in [0.15, 0.2) is 22.1 Å². The molecule has 0 radical (unpaired) electrons. The summed E-state index contributed by atoms with van der Waals surface area (Å²) in [6.45, 7) is 5.42. The molecular formula is C12H15BrN2S2. The van der Waals surface area contributed by atoms with E-state index < -0.39 is 0 Å². The average Bonchev–Trinajstić information content (AvgIpc) is 2.93. The predicted octanol–water partition coefficient (Wildman–Crippen LogP) is 4.69. The number of thiazole rings is 1. The molecule has 1 unspecified atom stereocenters. The number of nitrogens with one attached hydrogen (secondary N) is 1. The fourth-order valence-corrected chi connectivity index (χ4v) is 4.25. The molecule has 0 saturated heterocycles. The second-order valence-electron chi connectivity index (χ2n) is 3.84. The summed E-state index contributed by atoms with van der Waals surface area (Å²) in [7, 11) is 0. The average molecular weight is 331 g/mol. The Bertz CT molecular complexity index is 478. The molecule has 2 aromatic heterocycles. The van der Waals surface area contributed by atoms with Gasteiger partial charge in [-0.1, -0.05) is 6.92 Å². The van der Waals surface area contributed by atoms with Crippen molar-refractivity contribution in [1.29, 1.82) is 0 Å². The molecule has 92 valence electrons. The lowest BCUT2D eigenvalue weighted by molar-refractivity contribution is 0.577. The maximum Gasteiger partial charge on any atom is 0.134 e. The fourth-order valence-electron chi connectivity index (χ4n) is 1.50. The number of hydrogen-bond donors (Lipinski definition) is 1. The van der Waals surface area contributed by atoms with Crippen molar-refractivity contribution in [1.82, 2.24) is 10.3 Å². The molecule has 0 aliphatic rings. The van der Waals surface area contributed by atoms with Crippen LogP contribution in [-0.2, 0) is 0 Å². The lowest BCUT2D eigenvalue weighted by Crippen LogP contribution is -2.18. The van der Waals surface area contributed by atoms with Gasteiger partial charge >= 0.3 is 0 Å². The second-order valence-corrected chi connectivity index (χ2v) is 6.67. The summed E-state index contributed by atoms with van der Waals surface area (Å²) in [5, 5.41) is 6.67. The third-order valence-electron chi connectivity index (χ3n) is 2.46. The number of halogens is 1. The lowest BCUT2D eigenvalue weighted by Gasteiger charge is -2.09. The normalized spacial score (nSPS) is 12.9. The number of thiophene rings is 1. The van der Waals surface area contributed by atoms with Crippen LogP contribution < -0.4 is 5.32 Å². The molecular weight excluding hydrogens is 316 g/mol. The lowest BCUT2D eigenvalue weighted by atomic mass is 10.3. The van der Waals surface area contributed by atoms with Crippen molar-refractivity contribution in [2.24, 2.45) is 0 Å². The molecule has 1 atom stereocenters. The number of aromatic nitrogens is 1. The monoisotopic (exact) mass is 330 g/mol.